The van der Waals surface area contributed by atoms with Gasteiger partial charge in [0.15, 0.2) is 5.76 Å². The van der Waals surface area contributed by atoms with Gasteiger partial charge in [0.25, 0.3) is 0 Å². The lowest BCUT2D eigenvalue weighted by atomic mass is 10.00. The summed E-state index contributed by atoms with van der Waals surface area (Å²) in [6.07, 6.45) is 1.80. The Balaban J connectivity index is 1.77. The monoisotopic (exact) mass is 340 g/mol. The summed E-state index contributed by atoms with van der Waals surface area (Å²) >= 11 is 0. The van der Waals surface area contributed by atoms with E-state index in [1.165, 1.54) is 0 Å². The molecule has 4 rings (SSSR count). The minimum atomic E-state index is 0.630. The molecule has 0 aliphatic heterocycles. The highest BCUT2D eigenvalue weighted by Gasteiger charge is 2.14. The van der Waals surface area contributed by atoms with Crippen LogP contribution in [0.3, 0.4) is 0 Å². The molecule has 3 nitrogen and oxygen atoms in total. The van der Waals surface area contributed by atoms with E-state index < -0.39 is 0 Å². The average Bonchev–Trinajstić information content (AvgIpc) is 3.19. The fourth-order valence-corrected chi connectivity index (χ4v) is 3.10. The van der Waals surface area contributed by atoms with E-state index >= 15 is 0 Å². The van der Waals surface area contributed by atoms with E-state index in [0.717, 1.165) is 40.2 Å². The SMILES string of the molecule is CCNc1ccccc1-c1cnc(-c2ccccc2-c2ccccc2)o1. The lowest BCUT2D eigenvalue weighted by Gasteiger charge is -2.08. The van der Waals surface area contributed by atoms with E-state index in [1.54, 1.807) is 6.20 Å². The zero-order valence-electron chi connectivity index (χ0n) is 14.6. The molecule has 0 radical (unpaired) electrons. The van der Waals surface area contributed by atoms with Gasteiger partial charge in [-0.3, -0.25) is 0 Å². The van der Waals surface area contributed by atoms with Crippen LogP contribution in [0.2, 0.25) is 0 Å². The van der Waals surface area contributed by atoms with E-state index in [2.05, 4.69) is 41.5 Å². The molecule has 0 bridgehead atoms. The van der Waals surface area contributed by atoms with Gasteiger partial charge in [-0.05, 0) is 36.2 Å². The van der Waals surface area contributed by atoms with Crippen LogP contribution < -0.4 is 5.32 Å². The number of oxazole rings is 1. The van der Waals surface area contributed by atoms with Crippen molar-refractivity contribution < 1.29 is 4.42 Å². The van der Waals surface area contributed by atoms with Gasteiger partial charge >= 0.3 is 0 Å². The molecule has 128 valence electrons. The topological polar surface area (TPSA) is 38.1 Å². The number of hydrogen-bond donors (Lipinski definition) is 1. The summed E-state index contributed by atoms with van der Waals surface area (Å²) in [5.41, 5.74) is 5.32. The summed E-state index contributed by atoms with van der Waals surface area (Å²) in [7, 11) is 0. The molecule has 0 saturated carbocycles. The Bertz CT molecular complexity index is 1010. The van der Waals surface area contributed by atoms with Crippen LogP contribution in [-0.4, -0.2) is 11.5 Å². The summed E-state index contributed by atoms with van der Waals surface area (Å²) in [5, 5.41) is 3.37. The van der Waals surface area contributed by atoms with Crippen LogP contribution in [0.5, 0.6) is 0 Å². The molecule has 0 amide bonds. The quantitative estimate of drug-likeness (QED) is 0.476. The highest BCUT2D eigenvalue weighted by molar-refractivity contribution is 5.81. The third-order valence-corrected chi connectivity index (χ3v) is 4.31. The first-order valence-electron chi connectivity index (χ1n) is 8.80. The molecule has 3 heteroatoms. The Morgan fingerprint density at radius 3 is 2.19 bits per heavy atom. The van der Waals surface area contributed by atoms with Gasteiger partial charge in [-0.2, -0.15) is 0 Å². The summed E-state index contributed by atoms with van der Waals surface area (Å²) in [5.74, 6) is 1.39. The van der Waals surface area contributed by atoms with Crippen molar-refractivity contribution in [3.05, 3.63) is 85.1 Å². The van der Waals surface area contributed by atoms with E-state index in [0.29, 0.717) is 5.89 Å². The molecule has 1 aromatic heterocycles. The van der Waals surface area contributed by atoms with E-state index in [1.807, 2.05) is 54.6 Å². The van der Waals surface area contributed by atoms with E-state index in [4.69, 9.17) is 4.42 Å². The molecular weight excluding hydrogens is 320 g/mol. The Labute approximate surface area is 153 Å². The maximum absolute atomic E-state index is 6.15. The second-order valence-electron chi connectivity index (χ2n) is 6.02. The van der Waals surface area contributed by atoms with Crippen molar-refractivity contribution >= 4 is 5.69 Å². The van der Waals surface area contributed by atoms with Gasteiger partial charge in [0, 0.05) is 23.4 Å². The smallest absolute Gasteiger partial charge is 0.227 e. The molecule has 0 unspecified atom stereocenters. The maximum atomic E-state index is 6.15. The van der Waals surface area contributed by atoms with Crippen molar-refractivity contribution in [2.45, 2.75) is 6.92 Å². The van der Waals surface area contributed by atoms with Gasteiger partial charge in [-0.15, -0.1) is 0 Å². The molecule has 0 aliphatic carbocycles. The summed E-state index contributed by atoms with van der Waals surface area (Å²) < 4.78 is 6.15. The van der Waals surface area contributed by atoms with E-state index in [-0.39, 0.29) is 0 Å². The maximum Gasteiger partial charge on any atom is 0.227 e. The molecule has 3 aromatic carbocycles. The second-order valence-corrected chi connectivity index (χ2v) is 6.02. The number of nitrogens with zero attached hydrogens (tertiary/aromatic N) is 1. The lowest BCUT2D eigenvalue weighted by Crippen LogP contribution is -1.97. The molecule has 0 atom stereocenters. The minimum absolute atomic E-state index is 0.630. The van der Waals surface area contributed by atoms with Crippen LogP contribution in [0, 0.1) is 0 Å². The fourth-order valence-electron chi connectivity index (χ4n) is 3.10. The van der Waals surface area contributed by atoms with E-state index in [9.17, 15) is 0 Å². The minimum Gasteiger partial charge on any atom is -0.436 e. The largest absolute Gasteiger partial charge is 0.436 e. The number of nitrogens with one attached hydrogen (secondary N) is 1. The number of benzene rings is 3. The number of hydrogen-bond acceptors (Lipinski definition) is 3. The Morgan fingerprint density at radius 1 is 0.769 bits per heavy atom. The van der Waals surface area contributed by atoms with Crippen molar-refractivity contribution in [2.24, 2.45) is 0 Å². The second kappa shape index (κ2) is 7.28. The first kappa shape index (κ1) is 16.2. The van der Waals surface area contributed by atoms with Gasteiger partial charge < -0.3 is 9.73 Å². The standard InChI is InChI=1S/C23H20N2O/c1-2-24-21-15-9-8-14-20(21)22-16-25-23(26-22)19-13-7-6-12-18(19)17-10-4-3-5-11-17/h3-16,24H,2H2,1H3. The summed E-state index contributed by atoms with van der Waals surface area (Å²) in [4.78, 5) is 4.56. The van der Waals surface area contributed by atoms with Crippen molar-refractivity contribution in [2.75, 3.05) is 11.9 Å². The third-order valence-electron chi connectivity index (χ3n) is 4.31. The Morgan fingerprint density at radius 2 is 1.42 bits per heavy atom. The molecule has 0 aliphatic rings. The molecule has 0 saturated heterocycles. The Kier molecular flexibility index (Phi) is 4.52. The summed E-state index contributed by atoms with van der Waals surface area (Å²) in [6.45, 7) is 2.94. The average molecular weight is 340 g/mol. The molecule has 0 fully saturated rings. The van der Waals surface area contributed by atoms with Crippen molar-refractivity contribution in [1.82, 2.24) is 4.98 Å². The third kappa shape index (κ3) is 3.11. The van der Waals surface area contributed by atoms with Gasteiger partial charge in [0.1, 0.15) is 0 Å². The molecule has 4 aromatic rings. The highest BCUT2D eigenvalue weighted by atomic mass is 16.4. The zero-order valence-corrected chi connectivity index (χ0v) is 14.6. The van der Waals surface area contributed by atoms with Gasteiger partial charge in [-0.25, -0.2) is 4.98 Å². The first-order valence-corrected chi connectivity index (χ1v) is 8.80. The van der Waals surface area contributed by atoms with Crippen LogP contribution in [0.15, 0.2) is 89.5 Å². The fraction of sp³-hybridized carbons (Fsp3) is 0.0870. The van der Waals surface area contributed by atoms with Crippen LogP contribution in [0.1, 0.15) is 6.92 Å². The number of rotatable bonds is 5. The van der Waals surface area contributed by atoms with Crippen molar-refractivity contribution in [1.29, 1.82) is 0 Å². The predicted molar refractivity (Wildman–Crippen MR) is 107 cm³/mol. The number of aromatic nitrogens is 1. The molecule has 1 N–H and O–H groups in total. The highest BCUT2D eigenvalue weighted by Crippen LogP contribution is 2.35. The molecule has 1 heterocycles. The van der Waals surface area contributed by atoms with Crippen molar-refractivity contribution in [3.63, 3.8) is 0 Å². The molecule has 0 spiro atoms. The zero-order chi connectivity index (χ0) is 17.8. The molecule has 26 heavy (non-hydrogen) atoms. The molecular formula is C23H20N2O. The summed E-state index contributed by atoms with van der Waals surface area (Å²) in [6, 6.07) is 26.6. The Hall–Kier alpha value is -3.33. The number of anilines is 1. The number of para-hydroxylation sites is 1. The van der Waals surface area contributed by atoms with Crippen LogP contribution in [0.4, 0.5) is 5.69 Å². The first-order chi connectivity index (χ1) is 12.9. The van der Waals surface area contributed by atoms with Gasteiger partial charge in [0.05, 0.1) is 6.20 Å². The van der Waals surface area contributed by atoms with Gasteiger partial charge in [0.2, 0.25) is 5.89 Å². The normalized spacial score (nSPS) is 10.7. The van der Waals surface area contributed by atoms with Crippen LogP contribution >= 0.6 is 0 Å². The van der Waals surface area contributed by atoms with Crippen molar-refractivity contribution in [3.8, 4) is 33.9 Å². The van der Waals surface area contributed by atoms with Crippen LogP contribution in [-0.2, 0) is 0 Å². The predicted octanol–water partition coefficient (Wildman–Crippen LogP) is 6.11. The van der Waals surface area contributed by atoms with Crippen LogP contribution in [0.25, 0.3) is 33.9 Å². The lowest BCUT2D eigenvalue weighted by molar-refractivity contribution is 0.589. The van der Waals surface area contributed by atoms with Gasteiger partial charge in [-0.1, -0.05) is 60.7 Å².